The maximum absolute atomic E-state index is 6.00. The van der Waals surface area contributed by atoms with Gasteiger partial charge in [-0.25, -0.2) is 5.43 Å². The number of hydrazine groups is 1. The fourth-order valence-electron chi connectivity index (χ4n) is 1.65. The minimum absolute atomic E-state index is 0.0379. The summed E-state index contributed by atoms with van der Waals surface area (Å²) in [4.78, 5) is 1.20. The normalized spacial score (nSPS) is 12.7. The molecule has 1 aromatic heterocycles. The van der Waals surface area contributed by atoms with Crippen LogP contribution in [0, 0.1) is 6.92 Å². The van der Waals surface area contributed by atoms with E-state index < -0.39 is 0 Å². The Morgan fingerprint density at radius 3 is 2.75 bits per heavy atom. The van der Waals surface area contributed by atoms with Crippen molar-refractivity contribution in [2.75, 3.05) is 0 Å². The Balaban J connectivity index is 2.37. The number of rotatable bonds is 3. The van der Waals surface area contributed by atoms with E-state index in [9.17, 15) is 0 Å². The monoisotopic (exact) mass is 252 g/mol. The Morgan fingerprint density at radius 1 is 1.38 bits per heavy atom. The molecule has 0 aliphatic carbocycles. The first kappa shape index (κ1) is 11.6. The first-order valence-corrected chi connectivity index (χ1v) is 6.23. The molecule has 2 rings (SSSR count). The number of benzene rings is 1. The van der Waals surface area contributed by atoms with Gasteiger partial charge in [-0.1, -0.05) is 29.8 Å². The van der Waals surface area contributed by atoms with Crippen molar-refractivity contribution in [1.82, 2.24) is 5.43 Å². The fourth-order valence-corrected chi connectivity index (χ4v) is 2.57. The maximum Gasteiger partial charge on any atom is 0.0802 e. The van der Waals surface area contributed by atoms with Crippen molar-refractivity contribution < 1.29 is 0 Å². The summed E-state index contributed by atoms with van der Waals surface area (Å²) in [6, 6.07) is 10.1. The number of aryl methyl sites for hydroxylation is 1. The van der Waals surface area contributed by atoms with Crippen molar-refractivity contribution in [3.05, 3.63) is 56.7 Å². The summed E-state index contributed by atoms with van der Waals surface area (Å²) in [5.41, 5.74) is 5.03. The molecule has 0 saturated carbocycles. The average molecular weight is 253 g/mol. The van der Waals surface area contributed by atoms with Crippen LogP contribution in [-0.4, -0.2) is 0 Å². The number of nitrogens with two attached hydrogens (primary N) is 1. The summed E-state index contributed by atoms with van der Waals surface area (Å²) in [5, 5.41) is 2.83. The summed E-state index contributed by atoms with van der Waals surface area (Å²) >= 11 is 7.69. The Hall–Kier alpha value is -0.870. The van der Waals surface area contributed by atoms with Gasteiger partial charge in [-0.3, -0.25) is 5.84 Å². The molecule has 0 saturated heterocycles. The molecular formula is C12H13ClN2S. The smallest absolute Gasteiger partial charge is 0.0802 e. The standard InChI is InChI=1S/C12H13ClN2S/c1-8-7-9(4-5-10(8)13)12(15-14)11-3-2-6-16-11/h2-7,12,15H,14H2,1H3. The molecule has 3 N–H and O–H groups in total. The summed E-state index contributed by atoms with van der Waals surface area (Å²) in [5.74, 6) is 5.61. The predicted octanol–water partition coefficient (Wildman–Crippen LogP) is 3.26. The molecule has 1 unspecified atom stereocenters. The van der Waals surface area contributed by atoms with Gasteiger partial charge in [0.2, 0.25) is 0 Å². The highest BCUT2D eigenvalue weighted by molar-refractivity contribution is 7.10. The van der Waals surface area contributed by atoms with E-state index in [1.807, 2.05) is 30.5 Å². The van der Waals surface area contributed by atoms with E-state index >= 15 is 0 Å². The highest BCUT2D eigenvalue weighted by Crippen LogP contribution is 2.27. The molecule has 0 bridgehead atoms. The van der Waals surface area contributed by atoms with Gasteiger partial charge in [0.15, 0.2) is 0 Å². The quantitative estimate of drug-likeness (QED) is 0.650. The summed E-state index contributed by atoms with van der Waals surface area (Å²) in [6.45, 7) is 1.99. The summed E-state index contributed by atoms with van der Waals surface area (Å²) in [6.07, 6.45) is 0. The molecule has 1 atom stereocenters. The molecule has 0 amide bonds. The second-order valence-electron chi connectivity index (χ2n) is 3.62. The van der Waals surface area contributed by atoms with E-state index in [0.29, 0.717) is 0 Å². The Kier molecular flexibility index (Phi) is 3.61. The van der Waals surface area contributed by atoms with Crippen LogP contribution in [0.5, 0.6) is 0 Å². The molecule has 4 heteroatoms. The Labute approximate surface area is 104 Å². The van der Waals surface area contributed by atoms with Crippen molar-refractivity contribution in [2.45, 2.75) is 13.0 Å². The van der Waals surface area contributed by atoms with Crippen molar-refractivity contribution in [3.8, 4) is 0 Å². The lowest BCUT2D eigenvalue weighted by atomic mass is 10.0. The first-order valence-electron chi connectivity index (χ1n) is 4.98. The van der Waals surface area contributed by atoms with Crippen molar-refractivity contribution in [1.29, 1.82) is 0 Å². The topological polar surface area (TPSA) is 38.0 Å². The average Bonchev–Trinajstić information content (AvgIpc) is 2.78. The highest BCUT2D eigenvalue weighted by atomic mass is 35.5. The van der Waals surface area contributed by atoms with Gasteiger partial charge >= 0.3 is 0 Å². The van der Waals surface area contributed by atoms with E-state index in [0.717, 1.165) is 16.1 Å². The number of nitrogens with one attached hydrogen (secondary N) is 1. The molecule has 0 spiro atoms. The van der Waals surface area contributed by atoms with Crippen LogP contribution in [0.25, 0.3) is 0 Å². The molecular weight excluding hydrogens is 240 g/mol. The van der Waals surface area contributed by atoms with Crippen molar-refractivity contribution in [3.63, 3.8) is 0 Å². The summed E-state index contributed by atoms with van der Waals surface area (Å²) < 4.78 is 0. The highest BCUT2D eigenvalue weighted by Gasteiger charge is 2.13. The first-order chi connectivity index (χ1) is 7.72. The lowest BCUT2D eigenvalue weighted by Gasteiger charge is -2.15. The van der Waals surface area contributed by atoms with Gasteiger partial charge in [0.05, 0.1) is 6.04 Å². The van der Waals surface area contributed by atoms with Crippen LogP contribution in [0.3, 0.4) is 0 Å². The van der Waals surface area contributed by atoms with E-state index in [2.05, 4.69) is 17.6 Å². The second-order valence-corrected chi connectivity index (χ2v) is 5.01. The molecule has 1 aromatic carbocycles. The Morgan fingerprint density at radius 2 is 2.19 bits per heavy atom. The van der Waals surface area contributed by atoms with Crippen LogP contribution in [0.2, 0.25) is 5.02 Å². The fraction of sp³-hybridized carbons (Fsp3) is 0.167. The molecule has 16 heavy (non-hydrogen) atoms. The van der Waals surface area contributed by atoms with Crippen LogP contribution in [0.1, 0.15) is 22.0 Å². The summed E-state index contributed by atoms with van der Waals surface area (Å²) in [7, 11) is 0. The largest absolute Gasteiger partial charge is 0.271 e. The Bertz CT molecular complexity index is 468. The number of thiophene rings is 1. The van der Waals surface area contributed by atoms with Gasteiger partial charge in [0, 0.05) is 9.90 Å². The molecule has 0 aliphatic rings. The number of hydrogen-bond acceptors (Lipinski definition) is 3. The zero-order chi connectivity index (χ0) is 11.5. The molecule has 2 aromatic rings. The van der Waals surface area contributed by atoms with Crippen LogP contribution in [0.4, 0.5) is 0 Å². The third-order valence-corrected chi connectivity index (χ3v) is 3.87. The van der Waals surface area contributed by atoms with E-state index in [1.165, 1.54) is 4.88 Å². The zero-order valence-corrected chi connectivity index (χ0v) is 10.5. The van der Waals surface area contributed by atoms with Gasteiger partial charge in [-0.2, -0.15) is 0 Å². The minimum Gasteiger partial charge on any atom is -0.271 e. The predicted molar refractivity (Wildman–Crippen MR) is 69.7 cm³/mol. The van der Waals surface area contributed by atoms with Gasteiger partial charge in [-0.15, -0.1) is 11.3 Å². The molecule has 0 aliphatic heterocycles. The lowest BCUT2D eigenvalue weighted by Crippen LogP contribution is -2.28. The lowest BCUT2D eigenvalue weighted by molar-refractivity contribution is 0.646. The van der Waals surface area contributed by atoms with Crippen LogP contribution in [-0.2, 0) is 0 Å². The molecule has 0 radical (unpaired) electrons. The van der Waals surface area contributed by atoms with Gasteiger partial charge < -0.3 is 0 Å². The number of halogens is 1. The third kappa shape index (κ3) is 2.28. The van der Waals surface area contributed by atoms with Crippen LogP contribution < -0.4 is 11.3 Å². The van der Waals surface area contributed by atoms with Crippen LogP contribution in [0.15, 0.2) is 35.7 Å². The molecule has 2 nitrogen and oxygen atoms in total. The SMILES string of the molecule is Cc1cc(C(NN)c2cccs2)ccc1Cl. The van der Waals surface area contributed by atoms with Gasteiger partial charge in [-0.05, 0) is 35.6 Å². The van der Waals surface area contributed by atoms with Crippen LogP contribution >= 0.6 is 22.9 Å². The molecule has 84 valence electrons. The zero-order valence-electron chi connectivity index (χ0n) is 8.91. The van der Waals surface area contributed by atoms with E-state index in [-0.39, 0.29) is 6.04 Å². The third-order valence-electron chi connectivity index (χ3n) is 2.51. The minimum atomic E-state index is 0.0379. The van der Waals surface area contributed by atoms with E-state index in [1.54, 1.807) is 11.3 Å². The molecule has 0 fully saturated rings. The van der Waals surface area contributed by atoms with Gasteiger partial charge in [0.25, 0.3) is 0 Å². The van der Waals surface area contributed by atoms with Crippen molar-refractivity contribution >= 4 is 22.9 Å². The van der Waals surface area contributed by atoms with Crippen molar-refractivity contribution in [2.24, 2.45) is 5.84 Å². The maximum atomic E-state index is 6.00. The number of hydrogen-bond donors (Lipinski definition) is 2. The van der Waals surface area contributed by atoms with E-state index in [4.69, 9.17) is 17.4 Å². The second kappa shape index (κ2) is 4.97. The van der Waals surface area contributed by atoms with Gasteiger partial charge in [0.1, 0.15) is 0 Å². The molecule has 1 heterocycles.